The molecule has 0 radical (unpaired) electrons. The van der Waals surface area contributed by atoms with E-state index in [1.54, 1.807) is 6.07 Å². The molecular weight excluding hydrogens is 196 g/mol. The van der Waals surface area contributed by atoms with Crippen LogP contribution in [0.5, 0.6) is 5.75 Å². The molecule has 1 nitrogen and oxygen atoms in total. The SMILES string of the molecule is CC(C)c1ccccc1O.c1cc2ccc1-2. The van der Waals surface area contributed by atoms with Gasteiger partial charge in [0.05, 0.1) is 0 Å². The lowest BCUT2D eigenvalue weighted by Gasteiger charge is -2.10. The lowest BCUT2D eigenvalue weighted by Crippen LogP contribution is -1.85. The Bertz CT molecular complexity index is 448. The third kappa shape index (κ3) is 2.08. The third-order valence-electron chi connectivity index (χ3n) is 2.78. The molecule has 1 aromatic rings. The number of para-hydroxylation sites is 1. The van der Waals surface area contributed by atoms with Gasteiger partial charge in [-0.15, -0.1) is 0 Å². The fourth-order valence-electron chi connectivity index (χ4n) is 1.64. The van der Waals surface area contributed by atoms with Crippen LogP contribution in [0.3, 0.4) is 0 Å². The number of phenolic OH excluding ortho intramolecular Hbond substituents is 1. The van der Waals surface area contributed by atoms with Crippen LogP contribution in [0.15, 0.2) is 48.5 Å². The highest BCUT2D eigenvalue weighted by Gasteiger charge is 2.04. The maximum absolute atomic E-state index is 9.28. The fraction of sp³-hybridized carbons (Fsp3) is 0.200. The van der Waals surface area contributed by atoms with Gasteiger partial charge in [-0.2, -0.15) is 0 Å². The summed E-state index contributed by atoms with van der Waals surface area (Å²) in [5.74, 6) is 0.804. The van der Waals surface area contributed by atoms with Gasteiger partial charge in [0.15, 0.2) is 0 Å². The van der Waals surface area contributed by atoms with Crippen molar-refractivity contribution in [3.05, 3.63) is 54.1 Å². The number of rotatable bonds is 1. The molecular formula is C15H16O. The topological polar surface area (TPSA) is 20.2 Å². The predicted molar refractivity (Wildman–Crippen MR) is 67.6 cm³/mol. The van der Waals surface area contributed by atoms with Gasteiger partial charge >= 0.3 is 0 Å². The number of aromatic hydroxyl groups is 1. The standard InChI is InChI=1S/C9H12O.C6H4/c1-7(2)8-5-3-4-6-9(8)10;1-2-6-4-3-5(1)6/h3-7,10H,1-2H3;1-4H. The molecule has 0 heterocycles. The number of hydrogen-bond acceptors (Lipinski definition) is 1. The smallest absolute Gasteiger partial charge is 0.119 e. The Morgan fingerprint density at radius 2 is 1.31 bits per heavy atom. The third-order valence-corrected chi connectivity index (χ3v) is 2.78. The number of phenols is 1. The molecule has 2 aliphatic rings. The highest BCUT2D eigenvalue weighted by molar-refractivity contribution is 5.75. The van der Waals surface area contributed by atoms with Gasteiger partial charge in [0.25, 0.3) is 0 Å². The van der Waals surface area contributed by atoms with Crippen LogP contribution in [-0.4, -0.2) is 5.11 Å². The molecule has 0 saturated carbocycles. The summed E-state index contributed by atoms with van der Waals surface area (Å²) in [6.07, 6.45) is 0. The number of hydrogen-bond donors (Lipinski definition) is 1. The van der Waals surface area contributed by atoms with Crippen molar-refractivity contribution in [2.24, 2.45) is 0 Å². The van der Waals surface area contributed by atoms with Gasteiger partial charge in [-0.3, -0.25) is 0 Å². The molecule has 0 fully saturated rings. The van der Waals surface area contributed by atoms with Crippen LogP contribution in [0.25, 0.3) is 11.1 Å². The largest absolute Gasteiger partial charge is 0.508 e. The second-order valence-electron chi connectivity index (χ2n) is 4.29. The Kier molecular flexibility index (Phi) is 2.95. The summed E-state index contributed by atoms with van der Waals surface area (Å²) < 4.78 is 0. The monoisotopic (exact) mass is 212 g/mol. The van der Waals surface area contributed by atoms with E-state index in [0.29, 0.717) is 11.7 Å². The molecule has 0 amide bonds. The van der Waals surface area contributed by atoms with Gasteiger partial charge in [-0.1, -0.05) is 56.3 Å². The zero-order chi connectivity index (χ0) is 11.5. The minimum absolute atomic E-state index is 0.400. The molecule has 2 aliphatic carbocycles. The molecule has 0 aliphatic heterocycles. The zero-order valence-electron chi connectivity index (χ0n) is 9.64. The molecule has 82 valence electrons. The average Bonchev–Trinajstić information content (AvgIpc) is 2.24. The Balaban J connectivity index is 0.000000134. The average molecular weight is 212 g/mol. The molecule has 0 aromatic heterocycles. The molecule has 16 heavy (non-hydrogen) atoms. The van der Waals surface area contributed by atoms with E-state index in [9.17, 15) is 5.11 Å². The van der Waals surface area contributed by atoms with E-state index in [1.165, 1.54) is 11.1 Å². The predicted octanol–water partition coefficient (Wildman–Crippen LogP) is 4.18. The maximum Gasteiger partial charge on any atom is 0.119 e. The van der Waals surface area contributed by atoms with Crippen LogP contribution in [0.4, 0.5) is 0 Å². The molecule has 0 atom stereocenters. The summed E-state index contributed by atoms with van der Waals surface area (Å²) in [5.41, 5.74) is 3.87. The Hall–Kier alpha value is -1.76. The molecule has 1 N–H and O–H groups in total. The molecule has 0 unspecified atom stereocenters. The maximum atomic E-state index is 9.28. The van der Waals surface area contributed by atoms with Gasteiger partial charge in [-0.05, 0) is 28.7 Å². The van der Waals surface area contributed by atoms with E-state index in [1.807, 2.05) is 18.2 Å². The minimum atomic E-state index is 0.400. The normalized spacial score (nSPS) is 10.7. The Morgan fingerprint density at radius 1 is 0.812 bits per heavy atom. The summed E-state index contributed by atoms with van der Waals surface area (Å²) >= 11 is 0. The molecule has 1 heteroatoms. The van der Waals surface area contributed by atoms with E-state index in [4.69, 9.17) is 0 Å². The molecule has 0 bridgehead atoms. The molecule has 0 saturated heterocycles. The first-order valence-electron chi connectivity index (χ1n) is 5.57. The van der Waals surface area contributed by atoms with Crippen LogP contribution in [0.2, 0.25) is 0 Å². The zero-order valence-corrected chi connectivity index (χ0v) is 9.64. The van der Waals surface area contributed by atoms with Crippen molar-refractivity contribution in [3.63, 3.8) is 0 Å². The van der Waals surface area contributed by atoms with Gasteiger partial charge in [-0.25, -0.2) is 0 Å². The summed E-state index contributed by atoms with van der Waals surface area (Å²) in [4.78, 5) is 0. The van der Waals surface area contributed by atoms with Crippen molar-refractivity contribution in [1.29, 1.82) is 0 Å². The van der Waals surface area contributed by atoms with Crippen molar-refractivity contribution in [1.82, 2.24) is 0 Å². The highest BCUT2D eigenvalue weighted by Crippen LogP contribution is 2.29. The van der Waals surface area contributed by atoms with Gasteiger partial charge in [0.2, 0.25) is 0 Å². The Morgan fingerprint density at radius 3 is 1.56 bits per heavy atom. The molecule has 0 spiro atoms. The second kappa shape index (κ2) is 4.40. The van der Waals surface area contributed by atoms with E-state index in [2.05, 4.69) is 38.1 Å². The van der Waals surface area contributed by atoms with Crippen molar-refractivity contribution >= 4 is 0 Å². The van der Waals surface area contributed by atoms with Crippen LogP contribution in [-0.2, 0) is 0 Å². The fourth-order valence-corrected chi connectivity index (χ4v) is 1.64. The van der Waals surface area contributed by atoms with Crippen LogP contribution in [0, 0.1) is 0 Å². The van der Waals surface area contributed by atoms with Crippen LogP contribution < -0.4 is 0 Å². The van der Waals surface area contributed by atoms with Crippen molar-refractivity contribution in [2.75, 3.05) is 0 Å². The lowest BCUT2D eigenvalue weighted by molar-refractivity contribution is 0.465. The Labute approximate surface area is 96.4 Å². The molecule has 1 aromatic carbocycles. The second-order valence-corrected chi connectivity index (χ2v) is 4.29. The van der Waals surface area contributed by atoms with Crippen LogP contribution in [0.1, 0.15) is 25.3 Å². The van der Waals surface area contributed by atoms with E-state index >= 15 is 0 Å². The molecule has 3 rings (SSSR count). The van der Waals surface area contributed by atoms with E-state index < -0.39 is 0 Å². The first kappa shape index (κ1) is 10.7. The van der Waals surface area contributed by atoms with E-state index in [0.717, 1.165) is 5.56 Å². The van der Waals surface area contributed by atoms with Gasteiger partial charge < -0.3 is 5.11 Å². The van der Waals surface area contributed by atoms with Crippen molar-refractivity contribution in [2.45, 2.75) is 19.8 Å². The first-order valence-corrected chi connectivity index (χ1v) is 5.57. The van der Waals surface area contributed by atoms with Gasteiger partial charge in [0.1, 0.15) is 5.75 Å². The van der Waals surface area contributed by atoms with E-state index in [-0.39, 0.29) is 0 Å². The van der Waals surface area contributed by atoms with Gasteiger partial charge in [0, 0.05) is 0 Å². The van der Waals surface area contributed by atoms with Crippen molar-refractivity contribution < 1.29 is 5.11 Å². The lowest BCUT2D eigenvalue weighted by atomic mass is 9.95. The minimum Gasteiger partial charge on any atom is -0.508 e. The first-order chi connectivity index (χ1) is 7.68. The summed E-state index contributed by atoms with van der Waals surface area (Å²) in [6.45, 7) is 4.13. The van der Waals surface area contributed by atoms with Crippen molar-refractivity contribution in [3.8, 4) is 16.9 Å². The van der Waals surface area contributed by atoms with Crippen LogP contribution >= 0.6 is 0 Å². The highest BCUT2D eigenvalue weighted by atomic mass is 16.3. The quantitative estimate of drug-likeness (QED) is 0.641. The number of fused-ring (bicyclic) bond motifs is 1. The summed E-state index contributed by atoms with van der Waals surface area (Å²) in [5, 5.41) is 9.28. The number of benzene rings is 2. The summed E-state index contributed by atoms with van der Waals surface area (Å²) in [7, 11) is 0. The summed E-state index contributed by atoms with van der Waals surface area (Å²) in [6, 6.07) is 15.9.